The number of piperidine rings is 1. The van der Waals surface area contributed by atoms with Gasteiger partial charge in [-0.1, -0.05) is 23.2 Å². The van der Waals surface area contributed by atoms with Gasteiger partial charge < -0.3 is 14.9 Å². The number of rotatable bonds is 2. The molecule has 2 saturated heterocycles. The predicted octanol–water partition coefficient (Wildman–Crippen LogP) is 4.12. The maximum Gasteiger partial charge on any atom is 0.230 e. The van der Waals surface area contributed by atoms with Gasteiger partial charge in [-0.25, -0.2) is 0 Å². The van der Waals surface area contributed by atoms with Crippen molar-refractivity contribution in [1.29, 1.82) is 0 Å². The van der Waals surface area contributed by atoms with E-state index < -0.39 is 0 Å². The van der Waals surface area contributed by atoms with Crippen LogP contribution < -0.4 is 4.90 Å². The number of anilines is 1. The average Bonchev–Trinajstić information content (AvgIpc) is 2.94. The molecule has 1 aromatic rings. The summed E-state index contributed by atoms with van der Waals surface area (Å²) in [4.78, 5) is 17.7. The number of halogens is 2. The van der Waals surface area contributed by atoms with Crippen molar-refractivity contribution in [2.45, 2.75) is 57.1 Å². The molecule has 1 atom stereocenters. The lowest BCUT2D eigenvalue weighted by Crippen LogP contribution is -2.50. The Morgan fingerprint density at radius 2 is 1.85 bits per heavy atom. The van der Waals surface area contributed by atoms with E-state index in [2.05, 4.69) is 9.80 Å². The van der Waals surface area contributed by atoms with Crippen LogP contribution in [0.1, 0.15) is 44.9 Å². The number of carbonyl (C=O) groups is 1. The monoisotopic (exact) mass is 396 g/mol. The van der Waals surface area contributed by atoms with Crippen molar-refractivity contribution < 1.29 is 9.90 Å². The molecule has 6 heteroatoms. The van der Waals surface area contributed by atoms with E-state index in [4.69, 9.17) is 23.2 Å². The van der Waals surface area contributed by atoms with Crippen LogP contribution in [0.4, 0.5) is 5.69 Å². The first-order valence-corrected chi connectivity index (χ1v) is 10.4. The SMILES string of the molecule is O=C1N([C@H]2CC[C@H](O)CC2)CC[C@]12CCCN(c1cc(Cl)ccc1Cl)C2. The van der Waals surface area contributed by atoms with E-state index in [9.17, 15) is 9.90 Å². The van der Waals surface area contributed by atoms with Crippen LogP contribution in [0.2, 0.25) is 10.0 Å². The van der Waals surface area contributed by atoms with Crippen LogP contribution >= 0.6 is 23.2 Å². The molecule has 142 valence electrons. The van der Waals surface area contributed by atoms with Gasteiger partial charge in [-0.2, -0.15) is 0 Å². The molecule has 0 unspecified atom stereocenters. The van der Waals surface area contributed by atoms with Crippen LogP contribution in [-0.4, -0.2) is 47.7 Å². The third kappa shape index (κ3) is 3.32. The van der Waals surface area contributed by atoms with E-state index in [0.717, 1.165) is 70.3 Å². The highest BCUT2D eigenvalue weighted by Gasteiger charge is 2.50. The van der Waals surface area contributed by atoms with Gasteiger partial charge in [0.05, 0.1) is 22.2 Å². The van der Waals surface area contributed by atoms with Crippen LogP contribution in [0, 0.1) is 5.41 Å². The van der Waals surface area contributed by atoms with Gasteiger partial charge in [-0.3, -0.25) is 4.79 Å². The third-order valence-corrected chi connectivity index (χ3v) is 7.03. The van der Waals surface area contributed by atoms with Crippen molar-refractivity contribution in [3.63, 3.8) is 0 Å². The third-order valence-electron chi connectivity index (χ3n) is 6.48. The smallest absolute Gasteiger partial charge is 0.230 e. The summed E-state index contributed by atoms with van der Waals surface area (Å²) in [6.45, 7) is 2.47. The molecule has 2 heterocycles. The number of likely N-dealkylation sites (tertiary alicyclic amines) is 1. The summed E-state index contributed by atoms with van der Waals surface area (Å²) >= 11 is 12.6. The zero-order valence-corrected chi connectivity index (χ0v) is 16.5. The second kappa shape index (κ2) is 7.21. The summed E-state index contributed by atoms with van der Waals surface area (Å²) in [5.41, 5.74) is 0.644. The lowest BCUT2D eigenvalue weighted by atomic mass is 9.78. The molecule has 26 heavy (non-hydrogen) atoms. The lowest BCUT2D eigenvalue weighted by molar-refractivity contribution is -0.139. The highest BCUT2D eigenvalue weighted by molar-refractivity contribution is 6.35. The highest BCUT2D eigenvalue weighted by atomic mass is 35.5. The number of nitrogens with zero attached hydrogens (tertiary/aromatic N) is 2. The normalized spacial score (nSPS) is 32.5. The maximum absolute atomic E-state index is 13.4. The van der Waals surface area contributed by atoms with Crippen molar-refractivity contribution >= 4 is 34.8 Å². The topological polar surface area (TPSA) is 43.8 Å². The molecule has 3 fully saturated rings. The van der Waals surface area contributed by atoms with Crippen LogP contribution in [0.15, 0.2) is 18.2 Å². The molecule has 1 amide bonds. The van der Waals surface area contributed by atoms with E-state index in [1.807, 2.05) is 12.1 Å². The van der Waals surface area contributed by atoms with Crippen molar-refractivity contribution in [2.24, 2.45) is 5.41 Å². The number of benzene rings is 1. The summed E-state index contributed by atoms with van der Waals surface area (Å²) in [5.74, 6) is 0.307. The second-order valence-electron chi connectivity index (χ2n) is 8.11. The average molecular weight is 397 g/mol. The van der Waals surface area contributed by atoms with E-state index in [1.54, 1.807) is 6.07 Å². The first-order valence-electron chi connectivity index (χ1n) is 9.68. The second-order valence-corrected chi connectivity index (χ2v) is 8.96. The minimum absolute atomic E-state index is 0.187. The number of amides is 1. The molecule has 3 aliphatic rings. The van der Waals surface area contributed by atoms with Crippen molar-refractivity contribution in [1.82, 2.24) is 4.90 Å². The molecule has 1 N–H and O–H groups in total. The predicted molar refractivity (Wildman–Crippen MR) is 105 cm³/mol. The molecule has 1 aliphatic carbocycles. The van der Waals surface area contributed by atoms with Crippen LogP contribution in [0.5, 0.6) is 0 Å². The van der Waals surface area contributed by atoms with Crippen LogP contribution in [-0.2, 0) is 4.79 Å². The summed E-state index contributed by atoms with van der Waals surface area (Å²) in [5, 5.41) is 11.1. The fourth-order valence-corrected chi connectivity index (χ4v) is 5.41. The zero-order chi connectivity index (χ0) is 18.3. The van der Waals surface area contributed by atoms with Crippen molar-refractivity contribution in [3.8, 4) is 0 Å². The summed E-state index contributed by atoms with van der Waals surface area (Å²) < 4.78 is 0. The quantitative estimate of drug-likeness (QED) is 0.817. The molecule has 2 aliphatic heterocycles. The fraction of sp³-hybridized carbons (Fsp3) is 0.650. The Labute approximate surface area is 165 Å². The Bertz CT molecular complexity index is 690. The van der Waals surface area contributed by atoms with Gasteiger partial charge in [0.25, 0.3) is 0 Å². The van der Waals surface area contributed by atoms with Gasteiger partial charge in [0.2, 0.25) is 5.91 Å². The Morgan fingerprint density at radius 3 is 2.62 bits per heavy atom. The minimum Gasteiger partial charge on any atom is -0.393 e. The molecule has 4 nitrogen and oxygen atoms in total. The number of carbonyl (C=O) groups excluding carboxylic acids is 1. The maximum atomic E-state index is 13.4. The van der Waals surface area contributed by atoms with Crippen molar-refractivity contribution in [3.05, 3.63) is 28.2 Å². The van der Waals surface area contributed by atoms with Crippen LogP contribution in [0.3, 0.4) is 0 Å². The minimum atomic E-state index is -0.292. The number of hydrogen-bond acceptors (Lipinski definition) is 3. The highest BCUT2D eigenvalue weighted by Crippen LogP contribution is 2.44. The van der Waals surface area contributed by atoms with Gasteiger partial charge in [0.1, 0.15) is 0 Å². The van der Waals surface area contributed by atoms with E-state index >= 15 is 0 Å². The largest absolute Gasteiger partial charge is 0.393 e. The molecular formula is C20H26Cl2N2O2. The molecule has 1 saturated carbocycles. The number of aliphatic hydroxyl groups excluding tert-OH is 1. The summed E-state index contributed by atoms with van der Waals surface area (Å²) in [7, 11) is 0. The molecule has 0 bridgehead atoms. The Kier molecular flexibility index (Phi) is 5.10. The van der Waals surface area contributed by atoms with Gasteiger partial charge in [0.15, 0.2) is 0 Å². The summed E-state index contributed by atoms with van der Waals surface area (Å²) in [6.07, 6.45) is 6.14. The Morgan fingerprint density at radius 1 is 1.08 bits per heavy atom. The van der Waals surface area contributed by atoms with E-state index in [-0.39, 0.29) is 11.5 Å². The summed E-state index contributed by atoms with van der Waals surface area (Å²) in [6, 6.07) is 5.84. The molecule has 0 aromatic heterocycles. The first kappa shape index (κ1) is 18.4. The van der Waals surface area contributed by atoms with Crippen LogP contribution in [0.25, 0.3) is 0 Å². The molecular weight excluding hydrogens is 371 g/mol. The zero-order valence-electron chi connectivity index (χ0n) is 15.0. The van der Waals surface area contributed by atoms with E-state index in [0.29, 0.717) is 22.0 Å². The van der Waals surface area contributed by atoms with Gasteiger partial charge >= 0.3 is 0 Å². The molecule has 1 aromatic carbocycles. The molecule has 4 rings (SSSR count). The lowest BCUT2D eigenvalue weighted by Gasteiger charge is -2.41. The van der Waals surface area contributed by atoms with Gasteiger partial charge in [-0.15, -0.1) is 0 Å². The fourth-order valence-electron chi connectivity index (χ4n) is 5.01. The molecule has 1 spiro atoms. The number of hydrogen-bond donors (Lipinski definition) is 1. The van der Waals surface area contributed by atoms with Gasteiger partial charge in [-0.05, 0) is 63.1 Å². The van der Waals surface area contributed by atoms with Gasteiger partial charge in [0, 0.05) is 30.7 Å². The molecule has 0 radical (unpaired) electrons. The standard InChI is InChI=1S/C20H26Cl2N2O2/c21-14-2-7-17(22)18(12-14)23-10-1-8-20(13-23)9-11-24(19(20)26)15-3-5-16(25)6-4-15/h2,7,12,15-16,25H,1,3-6,8-11,13H2/t15-,16-,20-/m0/s1. The van der Waals surface area contributed by atoms with Crippen molar-refractivity contribution in [2.75, 3.05) is 24.5 Å². The Balaban J connectivity index is 1.51. The number of aliphatic hydroxyl groups is 1. The van der Waals surface area contributed by atoms with E-state index in [1.165, 1.54) is 0 Å². The Hall–Kier alpha value is -0.970. The first-order chi connectivity index (χ1) is 12.5.